The lowest BCUT2D eigenvalue weighted by atomic mass is 10.5. The molecule has 1 amide bonds. The summed E-state index contributed by atoms with van der Waals surface area (Å²) in [5.74, 6) is 0.938. The summed E-state index contributed by atoms with van der Waals surface area (Å²) in [4.78, 5) is 15.9. The minimum atomic E-state index is -0.133. The van der Waals surface area contributed by atoms with Gasteiger partial charge in [-0.05, 0) is 6.42 Å². The molecule has 0 atom stereocenters. The third-order valence-electron chi connectivity index (χ3n) is 2.19. The van der Waals surface area contributed by atoms with E-state index in [1.807, 2.05) is 13.8 Å². The van der Waals surface area contributed by atoms with Gasteiger partial charge in [0.15, 0.2) is 0 Å². The van der Waals surface area contributed by atoms with Gasteiger partial charge in [-0.25, -0.2) is 4.98 Å². The predicted molar refractivity (Wildman–Crippen MR) is 74.4 cm³/mol. The number of anilines is 1. The molecule has 0 fully saturated rings. The first-order chi connectivity index (χ1) is 9.21. The zero-order chi connectivity index (χ0) is 13.7. The molecular formula is C10H14N6OS2. The summed E-state index contributed by atoms with van der Waals surface area (Å²) in [6.45, 7) is 3.99. The highest BCUT2D eigenvalue weighted by Crippen LogP contribution is 2.17. The molecular weight excluding hydrogens is 284 g/mol. The molecule has 2 heterocycles. The van der Waals surface area contributed by atoms with Gasteiger partial charge in [-0.15, -0.1) is 15.3 Å². The van der Waals surface area contributed by atoms with Crippen molar-refractivity contribution in [2.75, 3.05) is 11.1 Å². The van der Waals surface area contributed by atoms with Gasteiger partial charge in [-0.3, -0.25) is 15.2 Å². The lowest BCUT2D eigenvalue weighted by Gasteiger charge is -1.98. The number of aromatic amines is 1. The van der Waals surface area contributed by atoms with Crippen molar-refractivity contribution in [2.45, 2.75) is 31.8 Å². The van der Waals surface area contributed by atoms with Gasteiger partial charge in [0.1, 0.15) is 10.8 Å². The molecule has 9 heteroatoms. The summed E-state index contributed by atoms with van der Waals surface area (Å²) in [5.41, 5.74) is 0. The molecule has 0 aliphatic rings. The molecule has 0 aliphatic heterocycles. The smallest absolute Gasteiger partial charge is 0.236 e. The molecule has 2 N–H and O–H groups in total. The van der Waals surface area contributed by atoms with Crippen molar-refractivity contribution in [1.29, 1.82) is 0 Å². The van der Waals surface area contributed by atoms with E-state index in [0.29, 0.717) is 10.3 Å². The maximum Gasteiger partial charge on any atom is 0.236 e. The van der Waals surface area contributed by atoms with Crippen molar-refractivity contribution >= 4 is 34.1 Å². The standard InChI is InChI=1S/C10H14N6OS2/c1-3-6-11-9(15-13-6)18-5-7(17)12-10-16-14-8(4-2)19-10/h3-5H2,1-2H3,(H,11,13,15)(H,12,16,17). The number of carbonyl (C=O) groups excluding carboxylic acids is 1. The average molecular weight is 298 g/mol. The highest BCUT2D eigenvalue weighted by Gasteiger charge is 2.10. The van der Waals surface area contributed by atoms with Gasteiger partial charge in [0.05, 0.1) is 5.75 Å². The lowest BCUT2D eigenvalue weighted by molar-refractivity contribution is -0.113. The number of aryl methyl sites for hydroxylation is 2. The van der Waals surface area contributed by atoms with Gasteiger partial charge in [-0.2, -0.15) is 0 Å². The molecule has 2 aromatic rings. The van der Waals surface area contributed by atoms with Crippen molar-refractivity contribution in [3.8, 4) is 0 Å². The number of aromatic nitrogens is 5. The number of thioether (sulfide) groups is 1. The van der Waals surface area contributed by atoms with Gasteiger partial charge in [0.2, 0.25) is 16.2 Å². The van der Waals surface area contributed by atoms with Crippen molar-refractivity contribution in [1.82, 2.24) is 25.4 Å². The average Bonchev–Trinajstić information content (AvgIpc) is 3.04. The molecule has 2 rings (SSSR count). The Morgan fingerprint density at radius 1 is 1.37 bits per heavy atom. The molecule has 0 saturated carbocycles. The summed E-state index contributed by atoms with van der Waals surface area (Å²) >= 11 is 2.68. The van der Waals surface area contributed by atoms with Crippen LogP contribution in [0.4, 0.5) is 5.13 Å². The van der Waals surface area contributed by atoms with Gasteiger partial charge in [-0.1, -0.05) is 36.9 Å². The quantitative estimate of drug-likeness (QED) is 0.785. The van der Waals surface area contributed by atoms with Crippen LogP contribution in [-0.4, -0.2) is 37.0 Å². The fourth-order valence-corrected chi connectivity index (χ4v) is 2.55. The Morgan fingerprint density at radius 3 is 2.84 bits per heavy atom. The van der Waals surface area contributed by atoms with Crippen LogP contribution in [0.15, 0.2) is 5.16 Å². The highest BCUT2D eigenvalue weighted by molar-refractivity contribution is 7.99. The van der Waals surface area contributed by atoms with Crippen LogP contribution in [0.25, 0.3) is 0 Å². The van der Waals surface area contributed by atoms with E-state index < -0.39 is 0 Å². The van der Waals surface area contributed by atoms with Crippen LogP contribution >= 0.6 is 23.1 Å². The molecule has 0 saturated heterocycles. The van der Waals surface area contributed by atoms with Crippen molar-refractivity contribution in [2.24, 2.45) is 0 Å². The zero-order valence-corrected chi connectivity index (χ0v) is 12.3. The van der Waals surface area contributed by atoms with E-state index in [0.717, 1.165) is 23.7 Å². The second kappa shape index (κ2) is 6.62. The Balaban J connectivity index is 1.81. The summed E-state index contributed by atoms with van der Waals surface area (Å²) < 4.78 is 0. The van der Waals surface area contributed by atoms with E-state index in [1.54, 1.807) is 0 Å². The number of H-pyrrole nitrogens is 1. The van der Waals surface area contributed by atoms with Crippen LogP contribution in [0.5, 0.6) is 0 Å². The van der Waals surface area contributed by atoms with Gasteiger partial charge in [0, 0.05) is 6.42 Å². The Kier molecular flexibility index (Phi) is 4.86. The number of nitrogens with one attached hydrogen (secondary N) is 2. The van der Waals surface area contributed by atoms with Crippen molar-refractivity contribution in [3.63, 3.8) is 0 Å². The Labute approximate surface area is 118 Å². The Morgan fingerprint density at radius 2 is 2.21 bits per heavy atom. The molecule has 7 nitrogen and oxygen atoms in total. The third-order valence-corrected chi connectivity index (χ3v) is 4.02. The first-order valence-electron chi connectivity index (χ1n) is 5.87. The number of amides is 1. The summed E-state index contributed by atoms with van der Waals surface area (Å²) in [7, 11) is 0. The van der Waals surface area contributed by atoms with Gasteiger partial charge >= 0.3 is 0 Å². The predicted octanol–water partition coefficient (Wildman–Crippen LogP) is 1.51. The van der Waals surface area contributed by atoms with Crippen LogP contribution in [0.3, 0.4) is 0 Å². The first-order valence-corrected chi connectivity index (χ1v) is 7.67. The largest absolute Gasteiger partial charge is 0.300 e. The number of hydrogen-bond donors (Lipinski definition) is 2. The Hall–Kier alpha value is -1.48. The molecule has 102 valence electrons. The molecule has 0 unspecified atom stereocenters. The highest BCUT2D eigenvalue weighted by atomic mass is 32.2. The number of nitrogens with zero attached hydrogens (tertiary/aromatic N) is 4. The molecule has 19 heavy (non-hydrogen) atoms. The van der Waals surface area contributed by atoms with Gasteiger partial charge in [0.25, 0.3) is 0 Å². The maximum absolute atomic E-state index is 11.7. The van der Waals surface area contributed by atoms with Crippen LogP contribution in [0, 0.1) is 0 Å². The van der Waals surface area contributed by atoms with Crippen LogP contribution in [-0.2, 0) is 17.6 Å². The number of carbonyl (C=O) groups is 1. The minimum Gasteiger partial charge on any atom is -0.300 e. The summed E-state index contributed by atoms with van der Waals surface area (Å²) in [6, 6.07) is 0. The van der Waals surface area contributed by atoms with E-state index in [9.17, 15) is 4.79 Å². The SMILES string of the molecule is CCc1nc(SCC(=O)Nc2nnc(CC)s2)n[nH]1. The molecule has 0 bridgehead atoms. The fourth-order valence-electron chi connectivity index (χ4n) is 1.23. The molecule has 2 aromatic heterocycles. The second-order valence-corrected chi connectivity index (χ2v) is 5.61. The molecule has 0 spiro atoms. The normalized spacial score (nSPS) is 10.6. The Bertz CT molecular complexity index is 552. The third kappa shape index (κ3) is 4.00. The van der Waals surface area contributed by atoms with Crippen LogP contribution in [0.2, 0.25) is 0 Å². The maximum atomic E-state index is 11.7. The van der Waals surface area contributed by atoms with E-state index in [2.05, 4.69) is 30.7 Å². The van der Waals surface area contributed by atoms with E-state index >= 15 is 0 Å². The van der Waals surface area contributed by atoms with E-state index in [-0.39, 0.29) is 11.7 Å². The fraction of sp³-hybridized carbons (Fsp3) is 0.500. The zero-order valence-electron chi connectivity index (χ0n) is 10.6. The molecule has 0 aromatic carbocycles. The first kappa shape index (κ1) is 13.9. The molecule has 0 aliphatic carbocycles. The second-order valence-electron chi connectivity index (χ2n) is 3.61. The summed E-state index contributed by atoms with van der Waals surface area (Å²) in [6.07, 6.45) is 1.61. The molecule has 0 radical (unpaired) electrons. The van der Waals surface area contributed by atoms with Gasteiger partial charge < -0.3 is 0 Å². The van der Waals surface area contributed by atoms with Crippen molar-refractivity contribution < 1.29 is 4.79 Å². The lowest BCUT2D eigenvalue weighted by Crippen LogP contribution is -2.13. The minimum absolute atomic E-state index is 0.133. The van der Waals surface area contributed by atoms with Crippen LogP contribution < -0.4 is 5.32 Å². The monoisotopic (exact) mass is 298 g/mol. The van der Waals surface area contributed by atoms with E-state index in [4.69, 9.17) is 0 Å². The topological polar surface area (TPSA) is 96.5 Å². The van der Waals surface area contributed by atoms with Crippen molar-refractivity contribution in [3.05, 3.63) is 10.8 Å². The van der Waals surface area contributed by atoms with Crippen LogP contribution in [0.1, 0.15) is 24.7 Å². The number of rotatable bonds is 6. The van der Waals surface area contributed by atoms with E-state index in [1.165, 1.54) is 23.1 Å². The number of hydrogen-bond acceptors (Lipinski definition) is 7. The summed E-state index contributed by atoms with van der Waals surface area (Å²) in [5, 5.41) is 19.4.